The Kier molecular flexibility index (Phi) is 2.51. The Morgan fingerprint density at radius 2 is 2.00 bits per heavy atom. The number of nitrogens with zero attached hydrogens (tertiary/aromatic N) is 1. The van der Waals surface area contributed by atoms with Crippen molar-refractivity contribution in [2.24, 2.45) is 0 Å². The molecule has 0 spiro atoms. The van der Waals surface area contributed by atoms with Gasteiger partial charge in [-0.15, -0.1) is 0 Å². The van der Waals surface area contributed by atoms with Crippen LogP contribution >= 0.6 is 0 Å². The lowest BCUT2D eigenvalue weighted by Crippen LogP contribution is -2.32. The number of hydrogen-bond donors (Lipinski definition) is 0. The van der Waals surface area contributed by atoms with Crippen molar-refractivity contribution in [1.29, 1.82) is 0 Å². The lowest BCUT2D eigenvalue weighted by atomic mass is 9.93. The zero-order valence-electron chi connectivity index (χ0n) is 10.4. The van der Waals surface area contributed by atoms with Crippen LogP contribution in [0.1, 0.15) is 49.3 Å². The second-order valence-electron chi connectivity index (χ2n) is 5.63. The van der Waals surface area contributed by atoms with Gasteiger partial charge in [0.05, 0.1) is 0 Å². The quantitative estimate of drug-likeness (QED) is 0.731. The highest BCUT2D eigenvalue weighted by Gasteiger charge is 2.31. The third kappa shape index (κ3) is 1.89. The van der Waals surface area contributed by atoms with E-state index in [0.29, 0.717) is 5.92 Å². The molecule has 0 unspecified atom stereocenters. The summed E-state index contributed by atoms with van der Waals surface area (Å²) in [6.07, 6.45) is 4.11. The summed E-state index contributed by atoms with van der Waals surface area (Å²) in [7, 11) is 0. The van der Waals surface area contributed by atoms with Gasteiger partial charge in [0.15, 0.2) is 0 Å². The molecular formula is C15H21N. The van der Waals surface area contributed by atoms with Crippen LogP contribution in [0.5, 0.6) is 0 Å². The molecule has 0 aromatic heterocycles. The Bertz CT molecular complexity index is 390. The summed E-state index contributed by atoms with van der Waals surface area (Å²) in [5.74, 6) is 0.654. The zero-order valence-corrected chi connectivity index (χ0v) is 10.4. The summed E-state index contributed by atoms with van der Waals surface area (Å²) in [5, 5.41) is 0. The van der Waals surface area contributed by atoms with Gasteiger partial charge in [-0.25, -0.2) is 0 Å². The lowest BCUT2D eigenvalue weighted by molar-refractivity contribution is 0.243. The molecule has 0 radical (unpaired) electrons. The molecule has 0 amide bonds. The van der Waals surface area contributed by atoms with Crippen molar-refractivity contribution in [3.63, 3.8) is 0 Å². The van der Waals surface area contributed by atoms with Crippen molar-refractivity contribution in [1.82, 2.24) is 4.90 Å². The van der Waals surface area contributed by atoms with Crippen LogP contribution in [0.2, 0.25) is 0 Å². The Hall–Kier alpha value is -0.820. The van der Waals surface area contributed by atoms with Gasteiger partial charge in [-0.2, -0.15) is 0 Å². The predicted molar refractivity (Wildman–Crippen MR) is 67.7 cm³/mol. The molecule has 1 aliphatic carbocycles. The number of hydrogen-bond acceptors (Lipinski definition) is 1. The first-order valence-corrected chi connectivity index (χ1v) is 6.60. The van der Waals surface area contributed by atoms with Gasteiger partial charge in [-0.05, 0) is 41.9 Å². The molecule has 3 rings (SSSR count). The topological polar surface area (TPSA) is 3.24 Å². The van der Waals surface area contributed by atoms with Crippen LogP contribution in [-0.4, -0.2) is 17.5 Å². The standard InChI is InChI=1S/C15H21N/c1-11(2)13-4-3-12-7-8-16(15-5-6-15)10-14(12)9-13/h3-4,9,11,15H,5-8,10H2,1-2H3. The molecule has 1 fully saturated rings. The molecule has 1 aliphatic heterocycles. The van der Waals surface area contributed by atoms with Gasteiger partial charge >= 0.3 is 0 Å². The van der Waals surface area contributed by atoms with E-state index in [1.54, 1.807) is 11.1 Å². The molecule has 2 aliphatic rings. The maximum atomic E-state index is 2.67. The summed E-state index contributed by atoms with van der Waals surface area (Å²) in [4.78, 5) is 2.67. The number of rotatable bonds is 2. The summed E-state index contributed by atoms with van der Waals surface area (Å²) in [6.45, 7) is 7.03. The highest BCUT2D eigenvalue weighted by atomic mass is 15.2. The molecule has 1 nitrogen and oxygen atoms in total. The molecular weight excluding hydrogens is 194 g/mol. The molecule has 86 valence electrons. The van der Waals surface area contributed by atoms with E-state index in [1.807, 2.05) is 0 Å². The van der Waals surface area contributed by atoms with Gasteiger partial charge < -0.3 is 0 Å². The van der Waals surface area contributed by atoms with E-state index < -0.39 is 0 Å². The normalized spacial score (nSPS) is 21.2. The SMILES string of the molecule is CC(C)c1ccc2c(c1)CN(C1CC1)CC2. The third-order valence-electron chi connectivity index (χ3n) is 4.00. The van der Waals surface area contributed by atoms with Crippen LogP contribution in [0.4, 0.5) is 0 Å². The predicted octanol–water partition coefficient (Wildman–Crippen LogP) is 3.33. The smallest absolute Gasteiger partial charge is 0.0239 e. The lowest BCUT2D eigenvalue weighted by Gasteiger charge is -2.29. The Balaban J connectivity index is 1.86. The van der Waals surface area contributed by atoms with Crippen LogP contribution in [0, 0.1) is 0 Å². The maximum Gasteiger partial charge on any atom is 0.0239 e. The summed E-state index contributed by atoms with van der Waals surface area (Å²) in [6, 6.07) is 8.02. The summed E-state index contributed by atoms with van der Waals surface area (Å²) in [5.41, 5.74) is 4.67. The van der Waals surface area contributed by atoms with Crippen molar-refractivity contribution in [3.8, 4) is 0 Å². The third-order valence-corrected chi connectivity index (χ3v) is 4.00. The number of fused-ring (bicyclic) bond motifs is 1. The maximum absolute atomic E-state index is 2.67. The van der Waals surface area contributed by atoms with Crippen LogP contribution < -0.4 is 0 Å². The Morgan fingerprint density at radius 1 is 1.19 bits per heavy atom. The summed E-state index contributed by atoms with van der Waals surface area (Å²) >= 11 is 0. The molecule has 0 N–H and O–H groups in total. The first-order chi connectivity index (χ1) is 7.74. The van der Waals surface area contributed by atoms with Crippen LogP contribution in [0.25, 0.3) is 0 Å². The molecule has 0 atom stereocenters. The van der Waals surface area contributed by atoms with E-state index >= 15 is 0 Å². The van der Waals surface area contributed by atoms with Gasteiger partial charge in [0.2, 0.25) is 0 Å². The minimum absolute atomic E-state index is 0.654. The van der Waals surface area contributed by atoms with Gasteiger partial charge in [-0.3, -0.25) is 4.90 Å². The average Bonchev–Trinajstić information content (AvgIpc) is 3.11. The first kappa shape index (κ1) is 10.3. The van der Waals surface area contributed by atoms with Crippen molar-refractivity contribution in [2.75, 3.05) is 6.54 Å². The highest BCUT2D eigenvalue weighted by molar-refractivity contribution is 5.35. The van der Waals surface area contributed by atoms with Crippen LogP contribution in [0.3, 0.4) is 0 Å². The highest BCUT2D eigenvalue weighted by Crippen LogP contribution is 2.32. The molecule has 16 heavy (non-hydrogen) atoms. The molecule has 1 heteroatoms. The first-order valence-electron chi connectivity index (χ1n) is 6.60. The van der Waals surface area contributed by atoms with Gasteiger partial charge in [0.25, 0.3) is 0 Å². The van der Waals surface area contributed by atoms with Crippen LogP contribution in [0.15, 0.2) is 18.2 Å². The number of benzene rings is 1. The van der Waals surface area contributed by atoms with Crippen molar-refractivity contribution >= 4 is 0 Å². The van der Waals surface area contributed by atoms with Crippen molar-refractivity contribution in [2.45, 2.75) is 51.6 Å². The fraction of sp³-hybridized carbons (Fsp3) is 0.600. The molecule has 1 aromatic carbocycles. The van der Waals surface area contributed by atoms with Gasteiger partial charge in [0.1, 0.15) is 0 Å². The van der Waals surface area contributed by atoms with Crippen LogP contribution in [-0.2, 0) is 13.0 Å². The summed E-state index contributed by atoms with van der Waals surface area (Å²) < 4.78 is 0. The molecule has 1 heterocycles. The monoisotopic (exact) mass is 215 g/mol. The van der Waals surface area contributed by atoms with E-state index in [1.165, 1.54) is 37.9 Å². The Morgan fingerprint density at radius 3 is 2.69 bits per heavy atom. The van der Waals surface area contributed by atoms with E-state index in [9.17, 15) is 0 Å². The van der Waals surface area contributed by atoms with Crippen molar-refractivity contribution < 1.29 is 0 Å². The fourth-order valence-corrected chi connectivity index (χ4v) is 2.71. The molecule has 1 aromatic rings. The fourth-order valence-electron chi connectivity index (χ4n) is 2.71. The van der Waals surface area contributed by atoms with E-state index in [0.717, 1.165) is 6.04 Å². The van der Waals surface area contributed by atoms with Gasteiger partial charge in [-0.1, -0.05) is 32.0 Å². The molecule has 0 bridgehead atoms. The van der Waals surface area contributed by atoms with E-state index in [4.69, 9.17) is 0 Å². The Labute approximate surface area is 98.5 Å². The van der Waals surface area contributed by atoms with Crippen molar-refractivity contribution in [3.05, 3.63) is 34.9 Å². The second kappa shape index (κ2) is 3.89. The zero-order chi connectivity index (χ0) is 11.1. The minimum Gasteiger partial charge on any atom is -0.296 e. The average molecular weight is 215 g/mol. The minimum atomic E-state index is 0.654. The largest absolute Gasteiger partial charge is 0.296 e. The van der Waals surface area contributed by atoms with E-state index in [2.05, 4.69) is 36.9 Å². The van der Waals surface area contributed by atoms with E-state index in [-0.39, 0.29) is 0 Å². The second-order valence-corrected chi connectivity index (χ2v) is 5.63. The molecule has 0 saturated heterocycles. The molecule has 1 saturated carbocycles. The van der Waals surface area contributed by atoms with Gasteiger partial charge in [0, 0.05) is 19.1 Å².